The Bertz CT molecular complexity index is 333. The Labute approximate surface area is 101 Å². The summed E-state index contributed by atoms with van der Waals surface area (Å²) in [6.07, 6.45) is 5.96. The molecule has 1 unspecified atom stereocenters. The average Bonchev–Trinajstić information content (AvgIpc) is 3.19. The van der Waals surface area contributed by atoms with Crippen molar-refractivity contribution >= 4 is 11.7 Å². The van der Waals surface area contributed by atoms with Gasteiger partial charge in [0.05, 0.1) is 0 Å². The van der Waals surface area contributed by atoms with Crippen molar-refractivity contribution in [2.45, 2.75) is 51.5 Å². The van der Waals surface area contributed by atoms with Crippen LogP contribution in [0.25, 0.3) is 0 Å². The van der Waals surface area contributed by atoms with Crippen LogP contribution in [0.15, 0.2) is 5.16 Å². The Morgan fingerprint density at radius 1 is 1.59 bits per heavy atom. The molecule has 0 aromatic carbocycles. The van der Waals surface area contributed by atoms with Crippen LogP contribution in [0, 0.1) is 11.3 Å². The fraction of sp³-hybridized carbons (Fsp3) is 0.833. The number of amides is 1. The lowest BCUT2D eigenvalue weighted by atomic mass is 10.0. The molecule has 4 N–H and O–H groups in total. The lowest BCUT2D eigenvalue weighted by molar-refractivity contribution is -0.124. The van der Waals surface area contributed by atoms with Crippen molar-refractivity contribution in [3.63, 3.8) is 0 Å². The molecule has 0 spiro atoms. The highest BCUT2D eigenvalue weighted by molar-refractivity contribution is 6.09. The first-order valence-corrected chi connectivity index (χ1v) is 6.41. The number of nitrogens with two attached hydrogens (primary N) is 1. The first kappa shape index (κ1) is 12.2. The summed E-state index contributed by atoms with van der Waals surface area (Å²) >= 11 is 0. The summed E-state index contributed by atoms with van der Waals surface area (Å²) in [6, 6.07) is 0.235. The molecule has 2 aliphatic rings. The van der Waals surface area contributed by atoms with Gasteiger partial charge in [0, 0.05) is 6.04 Å². The lowest BCUT2D eigenvalue weighted by Gasteiger charge is -2.20. The van der Waals surface area contributed by atoms with Crippen LogP contribution < -0.4 is 11.1 Å². The van der Waals surface area contributed by atoms with E-state index < -0.39 is 5.41 Å². The van der Waals surface area contributed by atoms with E-state index in [9.17, 15) is 4.79 Å². The second-order valence-corrected chi connectivity index (χ2v) is 5.33. The molecule has 1 amide bonds. The number of hydrogen-bond acceptors (Lipinski definition) is 3. The first-order valence-electron chi connectivity index (χ1n) is 6.41. The van der Waals surface area contributed by atoms with Crippen molar-refractivity contribution in [3.05, 3.63) is 0 Å². The van der Waals surface area contributed by atoms with E-state index in [-0.39, 0.29) is 17.8 Å². The van der Waals surface area contributed by atoms with E-state index in [4.69, 9.17) is 10.9 Å². The maximum Gasteiger partial charge on any atom is 0.234 e. The Balaban J connectivity index is 1.91. The van der Waals surface area contributed by atoms with Crippen LogP contribution in [0.3, 0.4) is 0 Å². The van der Waals surface area contributed by atoms with E-state index in [0.29, 0.717) is 12.8 Å². The van der Waals surface area contributed by atoms with Gasteiger partial charge in [-0.3, -0.25) is 4.79 Å². The van der Waals surface area contributed by atoms with Gasteiger partial charge in [0.1, 0.15) is 5.41 Å². The van der Waals surface area contributed by atoms with Gasteiger partial charge in [0.25, 0.3) is 0 Å². The molecule has 2 aliphatic carbocycles. The molecule has 5 heteroatoms. The molecule has 2 fully saturated rings. The molecule has 0 heterocycles. The molecule has 0 saturated heterocycles. The smallest absolute Gasteiger partial charge is 0.234 e. The monoisotopic (exact) mass is 239 g/mol. The molecule has 0 aromatic rings. The molecule has 96 valence electrons. The fourth-order valence-electron chi connectivity index (χ4n) is 2.23. The van der Waals surface area contributed by atoms with E-state index in [2.05, 4.69) is 17.4 Å². The number of carbonyl (C=O) groups excluding carboxylic acids is 1. The summed E-state index contributed by atoms with van der Waals surface area (Å²) in [4.78, 5) is 12.1. The largest absolute Gasteiger partial charge is 0.409 e. The van der Waals surface area contributed by atoms with Crippen molar-refractivity contribution in [2.75, 3.05) is 0 Å². The predicted molar refractivity (Wildman–Crippen MR) is 64.6 cm³/mol. The second kappa shape index (κ2) is 4.55. The van der Waals surface area contributed by atoms with Crippen LogP contribution in [0.1, 0.15) is 45.4 Å². The van der Waals surface area contributed by atoms with E-state index in [1.54, 1.807) is 0 Å². The predicted octanol–water partition coefficient (Wildman–Crippen LogP) is 1.21. The zero-order chi connectivity index (χ0) is 12.5. The zero-order valence-electron chi connectivity index (χ0n) is 10.3. The maximum absolute atomic E-state index is 12.1. The molecule has 2 saturated carbocycles. The summed E-state index contributed by atoms with van der Waals surface area (Å²) in [5.41, 5.74) is 4.87. The standard InChI is InChI=1S/C12H21N3O2/c1-2-9(7-8-3-4-8)14-11(16)12(5-6-12)10(13)15-17/h8-9,17H,2-7H2,1H3,(H2,13,15)(H,14,16). The summed E-state index contributed by atoms with van der Waals surface area (Å²) in [7, 11) is 0. The Kier molecular flexibility index (Phi) is 3.26. The van der Waals surface area contributed by atoms with Crippen molar-refractivity contribution < 1.29 is 10.0 Å². The molecule has 0 aromatic heterocycles. The molecule has 17 heavy (non-hydrogen) atoms. The summed E-state index contributed by atoms with van der Waals surface area (Å²) in [5.74, 6) is 0.774. The number of nitrogens with zero attached hydrogens (tertiary/aromatic N) is 1. The SMILES string of the molecule is CCC(CC1CC1)NC(=O)C1(C(N)=NO)CC1. The third-order valence-electron chi connectivity index (χ3n) is 3.93. The van der Waals surface area contributed by atoms with Crippen LogP contribution in [-0.2, 0) is 4.79 Å². The molecular weight excluding hydrogens is 218 g/mol. The third kappa shape index (κ3) is 2.53. The van der Waals surface area contributed by atoms with Crippen molar-refractivity contribution in [2.24, 2.45) is 22.2 Å². The summed E-state index contributed by atoms with van der Waals surface area (Å²) in [5, 5.41) is 14.7. The minimum atomic E-state index is -0.717. The Hall–Kier alpha value is -1.26. The highest BCUT2D eigenvalue weighted by atomic mass is 16.4. The molecule has 0 radical (unpaired) electrons. The maximum atomic E-state index is 12.1. The highest BCUT2D eigenvalue weighted by Crippen LogP contribution is 2.46. The van der Waals surface area contributed by atoms with Crippen LogP contribution in [0.4, 0.5) is 0 Å². The minimum Gasteiger partial charge on any atom is -0.409 e. The van der Waals surface area contributed by atoms with Crippen molar-refractivity contribution in [1.29, 1.82) is 0 Å². The normalized spacial score (nSPS) is 24.2. The Morgan fingerprint density at radius 3 is 2.65 bits per heavy atom. The van der Waals surface area contributed by atoms with Gasteiger partial charge in [-0.25, -0.2) is 0 Å². The Morgan fingerprint density at radius 2 is 2.24 bits per heavy atom. The van der Waals surface area contributed by atoms with E-state index in [0.717, 1.165) is 18.8 Å². The van der Waals surface area contributed by atoms with Gasteiger partial charge in [-0.05, 0) is 31.6 Å². The third-order valence-corrected chi connectivity index (χ3v) is 3.93. The van der Waals surface area contributed by atoms with Crippen molar-refractivity contribution in [3.8, 4) is 0 Å². The van der Waals surface area contributed by atoms with Gasteiger partial charge in [-0.2, -0.15) is 0 Å². The van der Waals surface area contributed by atoms with Crippen LogP contribution >= 0.6 is 0 Å². The first-order chi connectivity index (χ1) is 8.12. The topological polar surface area (TPSA) is 87.7 Å². The fourth-order valence-corrected chi connectivity index (χ4v) is 2.23. The highest BCUT2D eigenvalue weighted by Gasteiger charge is 2.54. The lowest BCUT2D eigenvalue weighted by Crippen LogP contribution is -2.45. The van der Waals surface area contributed by atoms with Gasteiger partial charge in [-0.15, -0.1) is 0 Å². The van der Waals surface area contributed by atoms with Crippen LogP contribution in [-0.4, -0.2) is 23.0 Å². The van der Waals surface area contributed by atoms with E-state index >= 15 is 0 Å². The van der Waals surface area contributed by atoms with Crippen LogP contribution in [0.2, 0.25) is 0 Å². The van der Waals surface area contributed by atoms with Crippen LogP contribution in [0.5, 0.6) is 0 Å². The number of amidine groups is 1. The van der Waals surface area contributed by atoms with Gasteiger partial charge in [0.15, 0.2) is 5.84 Å². The van der Waals surface area contributed by atoms with Gasteiger partial charge >= 0.3 is 0 Å². The molecule has 1 atom stereocenters. The number of oxime groups is 1. The van der Waals surface area contributed by atoms with E-state index in [1.165, 1.54) is 12.8 Å². The van der Waals surface area contributed by atoms with Gasteiger partial charge < -0.3 is 16.3 Å². The molecule has 5 nitrogen and oxygen atoms in total. The van der Waals surface area contributed by atoms with Crippen molar-refractivity contribution in [1.82, 2.24) is 5.32 Å². The minimum absolute atomic E-state index is 0.0521. The number of carbonyl (C=O) groups is 1. The summed E-state index contributed by atoms with van der Waals surface area (Å²) < 4.78 is 0. The molecule has 2 rings (SSSR count). The molecule has 0 aliphatic heterocycles. The zero-order valence-corrected chi connectivity index (χ0v) is 10.3. The number of rotatable bonds is 6. The average molecular weight is 239 g/mol. The van der Waals surface area contributed by atoms with E-state index in [1.807, 2.05) is 0 Å². The molecular formula is C12H21N3O2. The second-order valence-electron chi connectivity index (χ2n) is 5.33. The molecule has 0 bridgehead atoms. The number of nitrogens with one attached hydrogen (secondary N) is 1. The quantitative estimate of drug-likeness (QED) is 0.282. The number of hydrogen-bond donors (Lipinski definition) is 3. The summed E-state index contributed by atoms with van der Waals surface area (Å²) in [6.45, 7) is 2.08. The van der Waals surface area contributed by atoms with Gasteiger partial charge in [-0.1, -0.05) is 24.9 Å². The van der Waals surface area contributed by atoms with Gasteiger partial charge in [0.2, 0.25) is 5.91 Å².